The average molecular weight is 680 g/mol. The molecule has 0 spiro atoms. The van der Waals surface area contributed by atoms with Crippen molar-refractivity contribution < 1.29 is 0 Å². The lowest BCUT2D eigenvalue weighted by Gasteiger charge is -2.11. The van der Waals surface area contributed by atoms with Gasteiger partial charge in [0.25, 0.3) is 0 Å². The van der Waals surface area contributed by atoms with Gasteiger partial charge in [0.1, 0.15) is 0 Å². The van der Waals surface area contributed by atoms with Gasteiger partial charge < -0.3 is 13.7 Å². The molecule has 4 heteroatoms. The predicted molar refractivity (Wildman–Crippen MR) is 222 cm³/mol. The summed E-state index contributed by atoms with van der Waals surface area (Å²) in [5, 5.41) is 10.2. The van der Waals surface area contributed by atoms with Crippen molar-refractivity contribution in [3.8, 4) is 17.1 Å². The third-order valence-electron chi connectivity index (χ3n) is 11.0. The lowest BCUT2D eigenvalue weighted by atomic mass is 10.1. The Labute approximate surface area is 302 Å². The maximum absolute atomic E-state index is 2.51. The van der Waals surface area contributed by atoms with Crippen molar-refractivity contribution in [3.05, 3.63) is 176 Å². The summed E-state index contributed by atoms with van der Waals surface area (Å²) >= 11 is 1.93. The van der Waals surface area contributed by atoms with Crippen LogP contribution in [0.1, 0.15) is 0 Å². The second-order valence-corrected chi connectivity index (χ2v) is 14.7. The van der Waals surface area contributed by atoms with Crippen molar-refractivity contribution in [1.29, 1.82) is 0 Å². The number of fused-ring (bicyclic) bond motifs is 14. The normalized spacial score (nSPS) is 12.2. The van der Waals surface area contributed by atoms with E-state index in [4.69, 9.17) is 0 Å². The van der Waals surface area contributed by atoms with Crippen molar-refractivity contribution in [1.82, 2.24) is 13.7 Å². The van der Waals surface area contributed by atoms with Crippen LogP contribution in [0.2, 0.25) is 0 Å². The number of hydrogen-bond donors (Lipinski definition) is 0. The number of thiophene rings is 1. The molecule has 0 amide bonds. The zero-order valence-corrected chi connectivity index (χ0v) is 28.8. The fourth-order valence-corrected chi connectivity index (χ4v) is 10.2. The molecular weight excluding hydrogens is 651 g/mol. The minimum absolute atomic E-state index is 1.16. The van der Waals surface area contributed by atoms with Gasteiger partial charge in [0.2, 0.25) is 0 Å². The highest BCUT2D eigenvalue weighted by atomic mass is 32.1. The standard InChI is InChI=1S/C48H29N3S/c1-3-13-30(14-4-1)49-41-20-10-7-17-33(41)36-24-23-32(29-44(36)49)51-43-22-12-9-19-35(43)38-26-28-40-39-27-25-37-34-18-8-11-21-42(34)50(31-15-5-2-6-16-31)45(37)47(39)52-48(40)46(38)51/h1-29H. The van der Waals surface area contributed by atoms with Gasteiger partial charge in [0, 0.05) is 60.2 Å². The summed E-state index contributed by atoms with van der Waals surface area (Å²) in [4.78, 5) is 0. The molecule has 0 bridgehead atoms. The van der Waals surface area contributed by atoms with Gasteiger partial charge in [0.15, 0.2) is 0 Å². The van der Waals surface area contributed by atoms with E-state index in [0.29, 0.717) is 0 Å². The van der Waals surface area contributed by atoms with Crippen LogP contribution in [0, 0.1) is 0 Å². The third-order valence-corrected chi connectivity index (χ3v) is 12.3. The van der Waals surface area contributed by atoms with E-state index in [1.165, 1.54) is 91.3 Å². The molecule has 12 aromatic rings. The predicted octanol–water partition coefficient (Wildman–Crippen LogP) is 13.3. The molecule has 0 aliphatic rings. The van der Waals surface area contributed by atoms with E-state index in [0.717, 1.165) is 11.4 Å². The smallest absolute Gasteiger partial charge is 0.0719 e. The summed E-state index contributed by atoms with van der Waals surface area (Å²) in [6.45, 7) is 0. The minimum atomic E-state index is 1.16. The molecule has 0 aliphatic heterocycles. The van der Waals surface area contributed by atoms with Crippen LogP contribution >= 0.6 is 11.3 Å². The first-order valence-corrected chi connectivity index (χ1v) is 18.6. The second kappa shape index (κ2) is 10.5. The Morgan fingerprint density at radius 1 is 0.269 bits per heavy atom. The van der Waals surface area contributed by atoms with Gasteiger partial charge in [-0.25, -0.2) is 0 Å². The highest BCUT2D eigenvalue weighted by Gasteiger charge is 2.22. The van der Waals surface area contributed by atoms with Gasteiger partial charge in [-0.2, -0.15) is 0 Å². The number of aromatic nitrogens is 3. The summed E-state index contributed by atoms with van der Waals surface area (Å²) < 4.78 is 10.0. The van der Waals surface area contributed by atoms with Crippen LogP contribution < -0.4 is 0 Å². The summed E-state index contributed by atoms with van der Waals surface area (Å²) in [6, 6.07) is 64.4. The van der Waals surface area contributed by atoms with Gasteiger partial charge in [-0.05, 0) is 54.6 Å². The highest BCUT2D eigenvalue weighted by Crippen LogP contribution is 2.47. The molecular formula is C48H29N3S. The summed E-state index contributed by atoms with van der Waals surface area (Å²) in [7, 11) is 0. The molecule has 242 valence electrons. The molecule has 0 fully saturated rings. The first kappa shape index (κ1) is 28.1. The molecule has 12 rings (SSSR count). The van der Waals surface area contributed by atoms with Crippen molar-refractivity contribution in [3.63, 3.8) is 0 Å². The zero-order chi connectivity index (χ0) is 33.9. The van der Waals surface area contributed by atoms with Crippen molar-refractivity contribution in [2.45, 2.75) is 0 Å². The molecule has 4 heterocycles. The molecule has 0 saturated carbocycles. The van der Waals surface area contributed by atoms with E-state index in [2.05, 4.69) is 190 Å². The van der Waals surface area contributed by atoms with E-state index in [1.807, 2.05) is 11.3 Å². The van der Waals surface area contributed by atoms with E-state index >= 15 is 0 Å². The number of rotatable bonds is 3. The molecule has 0 radical (unpaired) electrons. The Morgan fingerprint density at radius 3 is 1.21 bits per heavy atom. The SMILES string of the molecule is c1ccc(-n2c3ccccc3c3ccc(-n4c5ccccc5c5ccc6c7ccc8c9ccccc9n(-c9ccccc9)c8c7sc6c54)cc32)cc1. The molecule has 0 unspecified atom stereocenters. The molecule has 0 atom stereocenters. The zero-order valence-electron chi connectivity index (χ0n) is 28.0. The van der Waals surface area contributed by atoms with Crippen LogP contribution in [0.25, 0.3) is 103 Å². The van der Waals surface area contributed by atoms with Gasteiger partial charge in [-0.1, -0.05) is 121 Å². The second-order valence-electron chi connectivity index (χ2n) is 13.7. The maximum atomic E-state index is 2.51. The lowest BCUT2D eigenvalue weighted by Crippen LogP contribution is -1.96. The van der Waals surface area contributed by atoms with Gasteiger partial charge in [-0.15, -0.1) is 11.3 Å². The number of nitrogens with zero attached hydrogens (tertiary/aromatic N) is 3. The lowest BCUT2D eigenvalue weighted by molar-refractivity contribution is 1.16. The Balaban J connectivity index is 1.22. The third kappa shape index (κ3) is 3.69. The Bertz CT molecular complexity index is 3390. The fraction of sp³-hybridized carbons (Fsp3) is 0. The molecule has 3 nitrogen and oxygen atoms in total. The van der Waals surface area contributed by atoms with E-state index in [9.17, 15) is 0 Å². The van der Waals surface area contributed by atoms with Crippen LogP contribution in [0.5, 0.6) is 0 Å². The molecule has 52 heavy (non-hydrogen) atoms. The number of hydrogen-bond acceptors (Lipinski definition) is 1. The quantitative estimate of drug-likeness (QED) is 0.177. The van der Waals surface area contributed by atoms with Crippen molar-refractivity contribution >= 4 is 96.9 Å². The number of para-hydroxylation sites is 5. The van der Waals surface area contributed by atoms with Gasteiger partial charge in [-0.3, -0.25) is 0 Å². The number of benzene rings is 8. The molecule has 0 saturated heterocycles. The van der Waals surface area contributed by atoms with Crippen molar-refractivity contribution in [2.24, 2.45) is 0 Å². The Hall–Kier alpha value is -6.62. The van der Waals surface area contributed by atoms with Crippen molar-refractivity contribution in [2.75, 3.05) is 0 Å². The Morgan fingerprint density at radius 2 is 0.654 bits per heavy atom. The van der Waals surface area contributed by atoms with E-state index in [-0.39, 0.29) is 0 Å². The van der Waals surface area contributed by atoms with E-state index in [1.54, 1.807) is 0 Å². The maximum Gasteiger partial charge on any atom is 0.0719 e. The Kier molecular flexibility index (Phi) is 5.65. The summed E-state index contributed by atoms with van der Waals surface area (Å²) in [5.74, 6) is 0. The van der Waals surface area contributed by atoms with Gasteiger partial charge in [0.05, 0.1) is 42.5 Å². The first-order valence-electron chi connectivity index (χ1n) is 17.8. The molecule has 4 aromatic heterocycles. The van der Waals surface area contributed by atoms with Crippen LogP contribution in [0.15, 0.2) is 176 Å². The van der Waals surface area contributed by atoms with Crippen LogP contribution in [-0.2, 0) is 0 Å². The van der Waals surface area contributed by atoms with Crippen LogP contribution in [-0.4, -0.2) is 13.7 Å². The molecule has 0 N–H and O–H groups in total. The largest absolute Gasteiger partial charge is 0.309 e. The highest BCUT2D eigenvalue weighted by molar-refractivity contribution is 7.27. The van der Waals surface area contributed by atoms with Crippen LogP contribution in [0.3, 0.4) is 0 Å². The monoisotopic (exact) mass is 679 g/mol. The average Bonchev–Trinajstić information content (AvgIpc) is 3.94. The summed E-state index contributed by atoms with van der Waals surface area (Å²) in [5.41, 5.74) is 10.9. The minimum Gasteiger partial charge on any atom is -0.309 e. The molecule has 8 aromatic carbocycles. The summed E-state index contributed by atoms with van der Waals surface area (Å²) in [6.07, 6.45) is 0. The topological polar surface area (TPSA) is 14.8 Å². The van der Waals surface area contributed by atoms with E-state index < -0.39 is 0 Å². The molecule has 0 aliphatic carbocycles. The fourth-order valence-electron chi connectivity index (χ4n) is 8.85. The first-order chi connectivity index (χ1) is 25.8. The van der Waals surface area contributed by atoms with Gasteiger partial charge >= 0.3 is 0 Å². The van der Waals surface area contributed by atoms with Crippen LogP contribution in [0.4, 0.5) is 0 Å².